The van der Waals surface area contributed by atoms with Crippen LogP contribution in [0, 0.1) is 0 Å². The molecule has 1 aromatic heterocycles. The van der Waals surface area contributed by atoms with Crippen LogP contribution in [-0.2, 0) is 11.3 Å². The summed E-state index contributed by atoms with van der Waals surface area (Å²) in [5, 5.41) is 10.4. The van der Waals surface area contributed by atoms with Crippen LogP contribution in [0.1, 0.15) is 19.4 Å². The zero-order chi connectivity index (χ0) is 13.8. The zero-order valence-corrected chi connectivity index (χ0v) is 11.4. The molecule has 0 aliphatic rings. The predicted molar refractivity (Wildman–Crippen MR) is 71.4 cm³/mol. The Kier molecular flexibility index (Phi) is 4.11. The van der Waals surface area contributed by atoms with Crippen LogP contribution in [0.15, 0.2) is 22.8 Å². The topological polar surface area (TPSA) is 71.3 Å². The molecule has 1 heterocycles. The number of benzene rings is 1. The van der Waals surface area contributed by atoms with Crippen molar-refractivity contribution in [2.24, 2.45) is 0 Å². The lowest BCUT2D eigenvalue weighted by Crippen LogP contribution is -2.42. The number of nitrogens with one attached hydrogen (secondary N) is 1. The Morgan fingerprint density at radius 2 is 2.16 bits per heavy atom. The van der Waals surface area contributed by atoms with E-state index in [1.807, 2.05) is 44.0 Å². The van der Waals surface area contributed by atoms with Crippen LogP contribution in [0.3, 0.4) is 0 Å². The van der Waals surface area contributed by atoms with E-state index in [-0.39, 0.29) is 11.9 Å². The lowest BCUT2D eigenvalue weighted by molar-refractivity contribution is -0.125. The molecule has 2 rings (SSSR count). The summed E-state index contributed by atoms with van der Waals surface area (Å²) in [5.74, 6) is 0.0363. The molecule has 0 saturated heterocycles. The minimum absolute atomic E-state index is 0.0363. The Balaban J connectivity index is 2.05. The molecule has 0 unspecified atom stereocenters. The van der Waals surface area contributed by atoms with Crippen molar-refractivity contribution in [2.45, 2.75) is 26.4 Å². The molecule has 1 amide bonds. The fourth-order valence-electron chi connectivity index (χ4n) is 1.87. The number of carbonyl (C=O) groups is 1. The molecule has 6 heteroatoms. The predicted octanol–water partition coefficient (Wildman–Crippen LogP) is 1.18. The maximum absolute atomic E-state index is 11.8. The van der Waals surface area contributed by atoms with Gasteiger partial charge in [0.15, 0.2) is 0 Å². The highest BCUT2D eigenvalue weighted by atomic mass is 16.6. The van der Waals surface area contributed by atoms with Crippen LogP contribution >= 0.6 is 0 Å². The largest absolute Gasteiger partial charge is 0.355 e. The zero-order valence-electron chi connectivity index (χ0n) is 11.4. The average Bonchev–Trinajstić information content (AvgIpc) is 2.85. The van der Waals surface area contributed by atoms with E-state index >= 15 is 0 Å². The highest BCUT2D eigenvalue weighted by Crippen LogP contribution is 2.13. The van der Waals surface area contributed by atoms with E-state index in [2.05, 4.69) is 20.3 Å². The maximum Gasteiger partial charge on any atom is 0.237 e. The number of amides is 1. The molecular formula is C13H18N4O2. The van der Waals surface area contributed by atoms with Gasteiger partial charge in [0, 0.05) is 13.1 Å². The van der Waals surface area contributed by atoms with E-state index in [1.165, 1.54) is 0 Å². The maximum atomic E-state index is 11.8. The highest BCUT2D eigenvalue weighted by Gasteiger charge is 2.17. The van der Waals surface area contributed by atoms with Gasteiger partial charge in [-0.25, -0.2) is 4.63 Å². The number of carbonyl (C=O) groups excluding carboxylic acids is 1. The van der Waals surface area contributed by atoms with E-state index in [4.69, 9.17) is 0 Å². The van der Waals surface area contributed by atoms with Crippen molar-refractivity contribution in [1.29, 1.82) is 0 Å². The van der Waals surface area contributed by atoms with Crippen molar-refractivity contribution in [3.63, 3.8) is 0 Å². The van der Waals surface area contributed by atoms with Gasteiger partial charge in [0.1, 0.15) is 11.0 Å². The highest BCUT2D eigenvalue weighted by molar-refractivity contribution is 5.81. The van der Waals surface area contributed by atoms with Crippen molar-refractivity contribution in [1.82, 2.24) is 20.5 Å². The first-order valence-electron chi connectivity index (χ1n) is 6.31. The number of likely N-dealkylation sites (N-methyl/N-ethyl adjacent to an activating group) is 2. The Morgan fingerprint density at radius 1 is 1.42 bits per heavy atom. The second-order valence-electron chi connectivity index (χ2n) is 4.57. The quantitative estimate of drug-likeness (QED) is 0.876. The van der Waals surface area contributed by atoms with Gasteiger partial charge < -0.3 is 5.32 Å². The minimum atomic E-state index is -0.175. The van der Waals surface area contributed by atoms with Crippen LogP contribution in [-0.4, -0.2) is 40.8 Å². The molecule has 2 aromatic rings. The first-order valence-corrected chi connectivity index (χ1v) is 6.31. The fraction of sp³-hybridized carbons (Fsp3) is 0.462. The number of fused-ring (bicyclic) bond motifs is 1. The lowest BCUT2D eigenvalue weighted by Gasteiger charge is -2.23. The van der Waals surface area contributed by atoms with Gasteiger partial charge in [-0.2, -0.15) is 0 Å². The molecule has 0 saturated carbocycles. The van der Waals surface area contributed by atoms with Crippen LogP contribution in [0.25, 0.3) is 11.0 Å². The van der Waals surface area contributed by atoms with Gasteiger partial charge >= 0.3 is 0 Å². The number of hydrogen-bond donors (Lipinski definition) is 1. The Bertz CT molecular complexity index is 567. The molecule has 102 valence electrons. The third kappa shape index (κ3) is 3.08. The normalized spacial score (nSPS) is 12.8. The van der Waals surface area contributed by atoms with E-state index in [0.29, 0.717) is 13.1 Å². The Labute approximate surface area is 111 Å². The molecule has 1 atom stereocenters. The molecule has 0 bridgehead atoms. The summed E-state index contributed by atoms with van der Waals surface area (Å²) in [7, 11) is 1.92. The van der Waals surface area contributed by atoms with Gasteiger partial charge in [0.25, 0.3) is 0 Å². The van der Waals surface area contributed by atoms with Crippen LogP contribution in [0.5, 0.6) is 0 Å². The third-order valence-corrected chi connectivity index (χ3v) is 3.14. The smallest absolute Gasteiger partial charge is 0.237 e. The van der Waals surface area contributed by atoms with Crippen molar-refractivity contribution >= 4 is 16.9 Å². The summed E-state index contributed by atoms with van der Waals surface area (Å²) in [4.78, 5) is 13.7. The fourth-order valence-corrected chi connectivity index (χ4v) is 1.87. The molecule has 19 heavy (non-hydrogen) atoms. The number of nitrogens with zero attached hydrogens (tertiary/aromatic N) is 3. The summed E-state index contributed by atoms with van der Waals surface area (Å²) in [6.45, 7) is 5.12. The van der Waals surface area contributed by atoms with E-state index < -0.39 is 0 Å². The van der Waals surface area contributed by atoms with Gasteiger partial charge in [-0.3, -0.25) is 9.69 Å². The van der Waals surface area contributed by atoms with E-state index in [0.717, 1.165) is 16.6 Å². The van der Waals surface area contributed by atoms with Crippen LogP contribution < -0.4 is 5.32 Å². The second-order valence-corrected chi connectivity index (χ2v) is 4.57. The molecular weight excluding hydrogens is 244 g/mol. The third-order valence-electron chi connectivity index (χ3n) is 3.14. The van der Waals surface area contributed by atoms with E-state index in [1.54, 1.807) is 0 Å². The van der Waals surface area contributed by atoms with Gasteiger partial charge in [0.05, 0.1) is 6.04 Å². The molecule has 1 aromatic carbocycles. The second kappa shape index (κ2) is 5.79. The van der Waals surface area contributed by atoms with Gasteiger partial charge in [-0.15, -0.1) is 0 Å². The molecule has 0 aliphatic heterocycles. The van der Waals surface area contributed by atoms with Gasteiger partial charge in [-0.1, -0.05) is 6.07 Å². The number of rotatable bonds is 5. The standard InChI is InChI=1S/C13H18N4O2/c1-4-14-13(18)9(2)17(3)8-10-5-6-11-12(7-10)16-19-15-11/h5-7,9H,4,8H2,1-3H3,(H,14,18)/t9-/m0/s1. The Hall–Kier alpha value is -1.95. The molecule has 0 aliphatic carbocycles. The number of hydrogen-bond acceptors (Lipinski definition) is 5. The van der Waals surface area contributed by atoms with Crippen molar-refractivity contribution in [3.8, 4) is 0 Å². The first kappa shape index (κ1) is 13.5. The minimum Gasteiger partial charge on any atom is -0.355 e. The SMILES string of the molecule is CCNC(=O)[C@H](C)N(C)Cc1ccc2nonc2c1. The molecule has 1 N–H and O–H groups in total. The van der Waals surface area contributed by atoms with Crippen molar-refractivity contribution < 1.29 is 9.42 Å². The summed E-state index contributed by atoms with van der Waals surface area (Å²) in [6, 6.07) is 5.58. The summed E-state index contributed by atoms with van der Waals surface area (Å²) < 4.78 is 4.66. The summed E-state index contributed by atoms with van der Waals surface area (Å²) >= 11 is 0. The summed E-state index contributed by atoms with van der Waals surface area (Å²) in [5.41, 5.74) is 2.54. The Morgan fingerprint density at radius 3 is 2.89 bits per heavy atom. The van der Waals surface area contributed by atoms with Crippen molar-refractivity contribution in [2.75, 3.05) is 13.6 Å². The average molecular weight is 262 g/mol. The van der Waals surface area contributed by atoms with E-state index in [9.17, 15) is 4.79 Å². The van der Waals surface area contributed by atoms with Crippen LogP contribution in [0.2, 0.25) is 0 Å². The molecule has 0 spiro atoms. The summed E-state index contributed by atoms with van der Waals surface area (Å²) in [6.07, 6.45) is 0. The van der Waals surface area contributed by atoms with Gasteiger partial charge in [0.2, 0.25) is 5.91 Å². The van der Waals surface area contributed by atoms with Gasteiger partial charge in [-0.05, 0) is 48.9 Å². The van der Waals surface area contributed by atoms with Crippen LogP contribution in [0.4, 0.5) is 0 Å². The number of aromatic nitrogens is 2. The lowest BCUT2D eigenvalue weighted by atomic mass is 10.1. The molecule has 6 nitrogen and oxygen atoms in total. The first-order chi connectivity index (χ1) is 9.11. The van der Waals surface area contributed by atoms with Crippen molar-refractivity contribution in [3.05, 3.63) is 23.8 Å². The molecule has 0 radical (unpaired) electrons. The molecule has 0 fully saturated rings. The monoisotopic (exact) mass is 262 g/mol.